The molecule has 0 unspecified atom stereocenters. The van der Waals surface area contributed by atoms with Gasteiger partial charge in [-0.1, -0.05) is 11.2 Å². The third-order valence-corrected chi connectivity index (χ3v) is 7.99. The van der Waals surface area contributed by atoms with Crippen molar-refractivity contribution in [3.05, 3.63) is 40.6 Å². The lowest BCUT2D eigenvalue weighted by atomic mass is 10.2. The van der Waals surface area contributed by atoms with E-state index in [0.29, 0.717) is 34.3 Å². The monoisotopic (exact) mass is 476 g/mol. The van der Waals surface area contributed by atoms with Crippen LogP contribution < -0.4 is 14.2 Å². The average molecular weight is 477 g/mol. The minimum Gasteiger partial charge on any atom is -0.454 e. The van der Waals surface area contributed by atoms with Crippen molar-refractivity contribution < 1.29 is 27.2 Å². The Balaban J connectivity index is 1.32. The Bertz CT molecular complexity index is 1280. The van der Waals surface area contributed by atoms with Gasteiger partial charge in [0.1, 0.15) is 0 Å². The second kappa shape index (κ2) is 8.19. The van der Waals surface area contributed by atoms with Crippen molar-refractivity contribution in [2.24, 2.45) is 0 Å². The van der Waals surface area contributed by atoms with Crippen LogP contribution in [0.1, 0.15) is 34.0 Å². The van der Waals surface area contributed by atoms with Crippen LogP contribution in [0.15, 0.2) is 33.7 Å². The Morgan fingerprint density at radius 1 is 1.19 bits per heavy atom. The second-order valence-electron chi connectivity index (χ2n) is 7.47. The van der Waals surface area contributed by atoms with E-state index >= 15 is 0 Å². The molecule has 1 aromatic carbocycles. The van der Waals surface area contributed by atoms with E-state index < -0.39 is 10.0 Å². The van der Waals surface area contributed by atoms with Crippen LogP contribution in [0.25, 0.3) is 10.7 Å². The van der Waals surface area contributed by atoms with Gasteiger partial charge < -0.3 is 18.9 Å². The number of aryl methyl sites for hydroxylation is 1. The van der Waals surface area contributed by atoms with Crippen molar-refractivity contribution in [3.63, 3.8) is 0 Å². The molecule has 1 N–H and O–H groups in total. The molecule has 10 nitrogen and oxygen atoms in total. The lowest BCUT2D eigenvalue weighted by Gasteiger charge is -2.10. The van der Waals surface area contributed by atoms with E-state index in [1.165, 1.54) is 17.4 Å². The Kier molecular flexibility index (Phi) is 5.35. The van der Waals surface area contributed by atoms with Gasteiger partial charge in [-0.2, -0.15) is 4.98 Å². The third-order valence-electron chi connectivity index (χ3n) is 5.29. The van der Waals surface area contributed by atoms with Crippen LogP contribution in [0.4, 0.5) is 0 Å². The zero-order valence-corrected chi connectivity index (χ0v) is 18.8. The molecule has 2 aliphatic heterocycles. The summed E-state index contributed by atoms with van der Waals surface area (Å²) in [5, 5.41) is 3.88. The summed E-state index contributed by atoms with van der Waals surface area (Å²) in [7, 11) is -3.79. The molecular weight excluding hydrogens is 456 g/mol. The summed E-state index contributed by atoms with van der Waals surface area (Å²) in [5.41, 5.74) is 0.745. The number of thiophene rings is 1. The summed E-state index contributed by atoms with van der Waals surface area (Å²) in [6.07, 6.45) is 1.91. The van der Waals surface area contributed by atoms with Gasteiger partial charge in [-0.05, 0) is 43.5 Å². The molecule has 0 spiro atoms. The maximum absolute atomic E-state index is 12.9. The summed E-state index contributed by atoms with van der Waals surface area (Å²) in [6, 6.07) is 6.77. The van der Waals surface area contributed by atoms with Crippen molar-refractivity contribution in [1.29, 1.82) is 0 Å². The number of nitrogens with one attached hydrogen (secondary N) is 1. The molecule has 0 bridgehead atoms. The van der Waals surface area contributed by atoms with Crippen molar-refractivity contribution in [1.82, 2.24) is 19.8 Å². The Morgan fingerprint density at radius 2 is 1.97 bits per heavy atom. The van der Waals surface area contributed by atoms with Crippen molar-refractivity contribution >= 4 is 27.3 Å². The lowest BCUT2D eigenvalue weighted by molar-refractivity contribution is 0.0743. The first kappa shape index (κ1) is 20.9. The van der Waals surface area contributed by atoms with E-state index in [1.807, 2.05) is 0 Å². The fraction of sp³-hybridized carbons (Fsp3) is 0.350. The van der Waals surface area contributed by atoms with Gasteiger partial charge in [0.05, 0.1) is 9.77 Å². The van der Waals surface area contributed by atoms with Crippen LogP contribution >= 0.6 is 11.3 Å². The molecule has 0 radical (unpaired) electrons. The first-order chi connectivity index (χ1) is 15.4. The number of rotatable bonds is 6. The molecule has 0 saturated carbocycles. The van der Waals surface area contributed by atoms with E-state index in [9.17, 15) is 13.2 Å². The van der Waals surface area contributed by atoms with Crippen LogP contribution in [0.3, 0.4) is 0 Å². The molecule has 0 aliphatic carbocycles. The molecular formula is C20H20N4O6S2. The van der Waals surface area contributed by atoms with E-state index in [0.717, 1.165) is 18.4 Å². The van der Waals surface area contributed by atoms with Gasteiger partial charge >= 0.3 is 11.8 Å². The number of amides is 1. The van der Waals surface area contributed by atoms with Crippen molar-refractivity contribution in [2.45, 2.75) is 31.2 Å². The molecule has 168 valence electrons. The van der Waals surface area contributed by atoms with Crippen LogP contribution in [-0.4, -0.2) is 49.2 Å². The highest BCUT2D eigenvalue weighted by Gasteiger charge is 2.27. The highest BCUT2D eigenvalue weighted by Crippen LogP contribution is 2.34. The first-order valence-corrected chi connectivity index (χ1v) is 12.3. The van der Waals surface area contributed by atoms with E-state index in [1.54, 1.807) is 30.0 Å². The van der Waals surface area contributed by atoms with Gasteiger partial charge in [0.15, 0.2) is 11.5 Å². The number of ether oxygens (including phenoxy) is 2. The van der Waals surface area contributed by atoms with Gasteiger partial charge in [-0.3, -0.25) is 4.79 Å². The van der Waals surface area contributed by atoms with E-state index in [-0.39, 0.29) is 35.9 Å². The maximum Gasteiger partial charge on any atom is 0.316 e. The first-order valence-electron chi connectivity index (χ1n) is 10.0. The van der Waals surface area contributed by atoms with Crippen molar-refractivity contribution in [2.75, 3.05) is 19.9 Å². The Labute approximate surface area is 188 Å². The van der Waals surface area contributed by atoms with Gasteiger partial charge in [-0.15, -0.1) is 11.3 Å². The molecule has 4 heterocycles. The molecule has 2 aromatic heterocycles. The Morgan fingerprint density at radius 3 is 2.78 bits per heavy atom. The molecule has 3 aromatic rings. The molecule has 2 aliphatic rings. The quantitative estimate of drug-likeness (QED) is 0.576. The smallest absolute Gasteiger partial charge is 0.316 e. The van der Waals surface area contributed by atoms with Crippen LogP contribution in [-0.2, 0) is 16.6 Å². The summed E-state index contributed by atoms with van der Waals surface area (Å²) in [4.78, 5) is 19.5. The highest BCUT2D eigenvalue weighted by molar-refractivity contribution is 7.89. The standard InChI is InChI=1S/C20H20N4O6S2/c1-12-17(32(26,27)21-10-13-4-5-14-15(8-13)29-11-28-14)9-16(31-12)18-22-19(30-23-18)20(25)24-6-2-3-7-24/h4-5,8-9,21H,2-3,6-7,10-11H2,1H3. The number of fused-ring (bicyclic) bond motifs is 1. The lowest BCUT2D eigenvalue weighted by Crippen LogP contribution is -2.27. The fourth-order valence-corrected chi connectivity index (χ4v) is 6.15. The molecule has 1 fully saturated rings. The molecule has 1 amide bonds. The van der Waals surface area contributed by atoms with Gasteiger partial charge in [0.2, 0.25) is 22.6 Å². The number of aromatic nitrogens is 2. The Hall–Kier alpha value is -2.96. The third kappa shape index (κ3) is 3.96. The number of likely N-dealkylation sites (tertiary alicyclic amines) is 1. The molecule has 12 heteroatoms. The zero-order valence-electron chi connectivity index (χ0n) is 17.2. The van der Waals surface area contributed by atoms with Crippen molar-refractivity contribution in [3.8, 4) is 22.2 Å². The zero-order chi connectivity index (χ0) is 22.3. The molecule has 5 rings (SSSR count). The number of carbonyl (C=O) groups is 1. The number of carbonyl (C=O) groups excluding carboxylic acids is 1. The van der Waals surface area contributed by atoms with Gasteiger partial charge in [-0.25, -0.2) is 13.1 Å². The van der Waals surface area contributed by atoms with Gasteiger partial charge in [0.25, 0.3) is 0 Å². The maximum atomic E-state index is 12.9. The van der Waals surface area contributed by atoms with Crippen LogP contribution in [0, 0.1) is 6.92 Å². The van der Waals surface area contributed by atoms with Crippen LogP contribution in [0.5, 0.6) is 11.5 Å². The van der Waals surface area contributed by atoms with Gasteiger partial charge in [0, 0.05) is 24.5 Å². The second-order valence-corrected chi connectivity index (χ2v) is 10.5. The fourth-order valence-electron chi connectivity index (χ4n) is 3.62. The summed E-state index contributed by atoms with van der Waals surface area (Å²) in [5.74, 6) is 1.04. The van der Waals surface area contributed by atoms with Crippen LogP contribution in [0.2, 0.25) is 0 Å². The number of benzene rings is 1. The van der Waals surface area contributed by atoms with E-state index in [2.05, 4.69) is 14.9 Å². The minimum absolute atomic E-state index is 0.0849. The normalized spacial score (nSPS) is 15.5. The predicted octanol–water partition coefficient (Wildman–Crippen LogP) is 2.55. The number of hydrogen-bond donors (Lipinski definition) is 1. The highest BCUT2D eigenvalue weighted by atomic mass is 32.2. The summed E-state index contributed by atoms with van der Waals surface area (Å²) >= 11 is 1.22. The average Bonchev–Trinajstić information content (AvgIpc) is 3.57. The minimum atomic E-state index is -3.79. The largest absolute Gasteiger partial charge is 0.454 e. The summed E-state index contributed by atoms with van der Waals surface area (Å²) < 4.78 is 44.2. The number of nitrogens with zero attached hydrogens (tertiary/aromatic N) is 3. The topological polar surface area (TPSA) is 124 Å². The number of sulfonamides is 1. The molecule has 32 heavy (non-hydrogen) atoms. The number of hydrogen-bond acceptors (Lipinski definition) is 9. The summed E-state index contributed by atoms with van der Waals surface area (Å²) in [6.45, 7) is 3.31. The predicted molar refractivity (Wildman–Crippen MR) is 114 cm³/mol. The molecule has 1 saturated heterocycles. The SMILES string of the molecule is Cc1sc(-c2noc(C(=O)N3CCCC3)n2)cc1S(=O)(=O)NCc1ccc2c(c1)OCO2. The molecule has 0 atom stereocenters. The van der Waals surface area contributed by atoms with E-state index in [4.69, 9.17) is 14.0 Å².